The summed E-state index contributed by atoms with van der Waals surface area (Å²) in [5.74, 6) is 6.91. The highest BCUT2D eigenvalue weighted by molar-refractivity contribution is 6.08. The number of hydrogen-bond acceptors (Lipinski definition) is 4. The Bertz CT molecular complexity index is 754. The number of aryl methyl sites for hydroxylation is 1. The molecular weight excluding hydrogens is 240 g/mol. The van der Waals surface area contributed by atoms with E-state index in [9.17, 15) is 0 Å². The van der Waals surface area contributed by atoms with Crippen LogP contribution < -0.4 is 5.84 Å². The van der Waals surface area contributed by atoms with Gasteiger partial charge in [0.15, 0.2) is 5.82 Å². The molecule has 19 heavy (non-hydrogen) atoms. The van der Waals surface area contributed by atoms with E-state index in [1.165, 1.54) is 0 Å². The summed E-state index contributed by atoms with van der Waals surface area (Å²) >= 11 is 0. The SMILES string of the molecule is CC=C/C(=N\N)c1nc2cc3nc(C)[nH]c3cc2[nH]1. The van der Waals surface area contributed by atoms with E-state index in [0.717, 1.165) is 27.9 Å². The van der Waals surface area contributed by atoms with Crippen molar-refractivity contribution in [2.75, 3.05) is 0 Å². The molecule has 0 amide bonds. The number of nitrogens with one attached hydrogen (secondary N) is 2. The molecule has 3 aromatic rings. The van der Waals surface area contributed by atoms with Crippen molar-refractivity contribution in [2.45, 2.75) is 13.8 Å². The highest BCUT2D eigenvalue weighted by atomic mass is 15.1. The molecule has 0 unspecified atom stereocenters. The van der Waals surface area contributed by atoms with Gasteiger partial charge in [0.1, 0.15) is 11.5 Å². The summed E-state index contributed by atoms with van der Waals surface area (Å²) in [5, 5.41) is 3.73. The van der Waals surface area contributed by atoms with Gasteiger partial charge in [0.25, 0.3) is 0 Å². The zero-order chi connectivity index (χ0) is 13.4. The number of aromatic amines is 2. The van der Waals surface area contributed by atoms with Crippen molar-refractivity contribution in [2.24, 2.45) is 10.9 Å². The van der Waals surface area contributed by atoms with E-state index >= 15 is 0 Å². The molecule has 96 valence electrons. The van der Waals surface area contributed by atoms with Crippen LogP contribution in [0.2, 0.25) is 0 Å². The Labute approximate surface area is 109 Å². The smallest absolute Gasteiger partial charge is 0.158 e. The van der Waals surface area contributed by atoms with Crippen LogP contribution in [0.3, 0.4) is 0 Å². The van der Waals surface area contributed by atoms with E-state index in [1.807, 2.05) is 38.1 Å². The van der Waals surface area contributed by atoms with E-state index in [0.29, 0.717) is 11.5 Å². The molecule has 0 saturated heterocycles. The van der Waals surface area contributed by atoms with Crippen molar-refractivity contribution in [3.8, 4) is 0 Å². The number of nitrogens with two attached hydrogens (primary N) is 1. The molecular formula is C13H14N6. The number of H-pyrrole nitrogens is 2. The summed E-state index contributed by atoms with van der Waals surface area (Å²) in [6, 6.07) is 3.93. The minimum Gasteiger partial charge on any atom is -0.342 e. The fourth-order valence-electron chi connectivity index (χ4n) is 2.10. The Morgan fingerprint density at radius 3 is 2.68 bits per heavy atom. The highest BCUT2D eigenvalue weighted by Crippen LogP contribution is 2.19. The Hall–Kier alpha value is -2.63. The fraction of sp³-hybridized carbons (Fsp3) is 0.154. The number of rotatable bonds is 2. The maximum absolute atomic E-state index is 5.37. The first-order valence-corrected chi connectivity index (χ1v) is 5.98. The maximum Gasteiger partial charge on any atom is 0.158 e. The average Bonchev–Trinajstić information content (AvgIpc) is 2.93. The topological polar surface area (TPSA) is 95.7 Å². The summed E-state index contributed by atoms with van der Waals surface area (Å²) in [6.45, 7) is 3.84. The van der Waals surface area contributed by atoms with Crippen LogP contribution in [0.25, 0.3) is 22.1 Å². The summed E-state index contributed by atoms with van der Waals surface area (Å²) in [6.07, 6.45) is 3.68. The van der Waals surface area contributed by atoms with Crippen molar-refractivity contribution in [1.29, 1.82) is 0 Å². The van der Waals surface area contributed by atoms with Gasteiger partial charge in [0, 0.05) is 0 Å². The van der Waals surface area contributed by atoms with E-state index in [4.69, 9.17) is 5.84 Å². The third kappa shape index (κ3) is 1.87. The first-order valence-electron chi connectivity index (χ1n) is 5.98. The van der Waals surface area contributed by atoms with Crippen molar-refractivity contribution in [3.05, 3.63) is 35.9 Å². The largest absolute Gasteiger partial charge is 0.342 e. The molecule has 1 aromatic carbocycles. The van der Waals surface area contributed by atoms with Gasteiger partial charge in [0.05, 0.1) is 22.1 Å². The molecule has 3 rings (SSSR count). The second-order valence-electron chi connectivity index (χ2n) is 4.31. The monoisotopic (exact) mass is 254 g/mol. The summed E-state index contributed by atoms with van der Waals surface area (Å²) in [4.78, 5) is 15.3. The van der Waals surface area contributed by atoms with Gasteiger partial charge < -0.3 is 15.8 Å². The van der Waals surface area contributed by atoms with E-state index < -0.39 is 0 Å². The molecule has 0 spiro atoms. The average molecular weight is 254 g/mol. The molecule has 2 aromatic heterocycles. The highest BCUT2D eigenvalue weighted by Gasteiger charge is 2.09. The third-order valence-electron chi connectivity index (χ3n) is 2.91. The van der Waals surface area contributed by atoms with Gasteiger partial charge in [-0.1, -0.05) is 6.08 Å². The van der Waals surface area contributed by atoms with E-state index in [1.54, 1.807) is 0 Å². The normalized spacial score (nSPS) is 13.1. The molecule has 0 bridgehead atoms. The lowest BCUT2D eigenvalue weighted by molar-refractivity contribution is 1.17. The Morgan fingerprint density at radius 1 is 1.21 bits per heavy atom. The molecule has 0 aliphatic rings. The second kappa shape index (κ2) is 4.24. The van der Waals surface area contributed by atoms with Gasteiger partial charge >= 0.3 is 0 Å². The number of hydrazone groups is 1. The van der Waals surface area contributed by atoms with Crippen LogP contribution >= 0.6 is 0 Å². The summed E-state index contributed by atoms with van der Waals surface area (Å²) < 4.78 is 0. The first kappa shape index (κ1) is 11.5. The molecule has 4 N–H and O–H groups in total. The number of aromatic nitrogens is 4. The van der Waals surface area contributed by atoms with E-state index in [2.05, 4.69) is 25.0 Å². The Kier molecular flexibility index (Phi) is 2.56. The zero-order valence-electron chi connectivity index (χ0n) is 10.7. The lowest BCUT2D eigenvalue weighted by Gasteiger charge is -1.92. The van der Waals surface area contributed by atoms with Gasteiger partial charge in [0.2, 0.25) is 0 Å². The minimum atomic E-state index is 0.617. The van der Waals surface area contributed by atoms with Crippen LogP contribution in [0.5, 0.6) is 0 Å². The second-order valence-corrected chi connectivity index (χ2v) is 4.31. The predicted molar refractivity (Wildman–Crippen MR) is 76.0 cm³/mol. The molecule has 6 heteroatoms. The number of imidazole rings is 2. The van der Waals surface area contributed by atoms with Crippen LogP contribution in [0.4, 0.5) is 0 Å². The first-order chi connectivity index (χ1) is 9.21. The molecule has 6 nitrogen and oxygen atoms in total. The number of nitrogens with zero attached hydrogens (tertiary/aromatic N) is 3. The van der Waals surface area contributed by atoms with Crippen LogP contribution in [0, 0.1) is 6.92 Å². The molecule has 0 saturated carbocycles. The maximum atomic E-state index is 5.37. The summed E-state index contributed by atoms with van der Waals surface area (Å²) in [5.41, 5.74) is 4.28. The van der Waals surface area contributed by atoms with Crippen molar-refractivity contribution < 1.29 is 0 Å². The molecule has 0 aliphatic carbocycles. The van der Waals surface area contributed by atoms with Gasteiger partial charge in [-0.15, -0.1) is 0 Å². The summed E-state index contributed by atoms with van der Waals surface area (Å²) in [7, 11) is 0. The lowest BCUT2D eigenvalue weighted by atomic mass is 10.3. The Balaban J connectivity index is 2.20. The fourth-order valence-corrected chi connectivity index (χ4v) is 2.10. The van der Waals surface area contributed by atoms with Crippen LogP contribution in [-0.2, 0) is 0 Å². The number of benzene rings is 1. The van der Waals surface area contributed by atoms with E-state index in [-0.39, 0.29) is 0 Å². The molecule has 0 atom stereocenters. The zero-order valence-corrected chi connectivity index (χ0v) is 10.7. The van der Waals surface area contributed by atoms with Crippen LogP contribution in [0.15, 0.2) is 29.4 Å². The van der Waals surface area contributed by atoms with Crippen molar-refractivity contribution in [3.63, 3.8) is 0 Å². The van der Waals surface area contributed by atoms with Crippen molar-refractivity contribution >= 4 is 27.8 Å². The van der Waals surface area contributed by atoms with Gasteiger partial charge in [-0.2, -0.15) is 5.10 Å². The van der Waals surface area contributed by atoms with Gasteiger partial charge in [-0.05, 0) is 32.1 Å². The van der Waals surface area contributed by atoms with Gasteiger partial charge in [-0.25, -0.2) is 9.97 Å². The molecule has 0 aliphatic heterocycles. The van der Waals surface area contributed by atoms with Crippen LogP contribution in [-0.4, -0.2) is 25.6 Å². The number of allylic oxidation sites excluding steroid dienone is 2. The number of hydrogen-bond donors (Lipinski definition) is 3. The number of fused-ring (bicyclic) bond motifs is 2. The standard InChI is InChI=1S/C13H14N6/c1-3-4-8(19-14)13-17-11-5-9-10(6-12(11)18-13)16-7(2)15-9/h3-6H,14H2,1-2H3,(H,15,16)(H,17,18)/b4-3?,19-8+. The molecule has 0 fully saturated rings. The Morgan fingerprint density at radius 2 is 1.95 bits per heavy atom. The minimum absolute atomic E-state index is 0.617. The third-order valence-corrected chi connectivity index (χ3v) is 2.91. The predicted octanol–water partition coefficient (Wildman–Crippen LogP) is 1.99. The molecule has 2 heterocycles. The quantitative estimate of drug-likeness (QED) is 0.370. The molecule has 0 radical (unpaired) electrons. The van der Waals surface area contributed by atoms with Gasteiger partial charge in [-0.3, -0.25) is 0 Å². The lowest BCUT2D eigenvalue weighted by Crippen LogP contribution is -2.02. The van der Waals surface area contributed by atoms with Crippen molar-refractivity contribution in [1.82, 2.24) is 19.9 Å². The van der Waals surface area contributed by atoms with Crippen LogP contribution in [0.1, 0.15) is 18.6 Å².